The highest BCUT2D eigenvalue weighted by Crippen LogP contribution is 2.01. The molecule has 0 bridgehead atoms. The van der Waals surface area contributed by atoms with Crippen molar-refractivity contribution in [2.24, 2.45) is 0 Å². The summed E-state index contributed by atoms with van der Waals surface area (Å²) in [5.74, 6) is -1.76. The van der Waals surface area contributed by atoms with Crippen LogP contribution in [0.4, 0.5) is 4.39 Å². The Bertz CT molecular complexity index is 427. The van der Waals surface area contributed by atoms with Crippen LogP contribution in [-0.2, 0) is 9.59 Å². The molecular weight excluding hydrogens is 229 g/mol. The highest BCUT2D eigenvalue weighted by molar-refractivity contribution is 6.01. The van der Waals surface area contributed by atoms with E-state index < -0.39 is 11.8 Å². The lowest BCUT2D eigenvalue weighted by molar-refractivity contribution is -0.124. The highest BCUT2D eigenvalue weighted by Gasteiger charge is 2.15. The molecule has 2 amide bonds. The second kappa shape index (κ2) is 5.74. The Labute approximate surface area is 96.3 Å². The molecule has 0 aromatic heterocycles. The van der Waals surface area contributed by atoms with E-state index in [1.54, 1.807) is 0 Å². The van der Waals surface area contributed by atoms with Crippen LogP contribution in [-0.4, -0.2) is 22.9 Å². The molecule has 1 heterocycles. The molecule has 0 spiro atoms. The molecule has 0 atom stereocenters. The van der Waals surface area contributed by atoms with E-state index in [9.17, 15) is 18.8 Å². The molecule has 0 saturated carbocycles. The zero-order chi connectivity index (χ0) is 12.8. The zero-order valence-electron chi connectivity index (χ0n) is 8.77. The molecule has 2 N–H and O–H groups in total. The minimum atomic E-state index is -1.04. The summed E-state index contributed by atoms with van der Waals surface area (Å²) in [5, 5.41) is 10.5. The molecule has 2 rings (SSSR count). The van der Waals surface area contributed by atoms with Gasteiger partial charge in [-0.3, -0.25) is 14.9 Å². The number of carboxylic acids is 1. The number of benzene rings is 1. The van der Waals surface area contributed by atoms with E-state index in [0.29, 0.717) is 12.8 Å². The van der Waals surface area contributed by atoms with E-state index in [2.05, 4.69) is 5.32 Å². The van der Waals surface area contributed by atoms with Gasteiger partial charge in [-0.15, -0.1) is 0 Å². The fraction of sp³-hybridized carbons (Fsp3) is 0.182. The Morgan fingerprint density at radius 1 is 1.12 bits per heavy atom. The Balaban J connectivity index is 0.000000181. The molecule has 90 valence electrons. The van der Waals surface area contributed by atoms with Gasteiger partial charge in [0, 0.05) is 12.8 Å². The maximum atomic E-state index is 12.2. The van der Waals surface area contributed by atoms with Crippen molar-refractivity contribution >= 4 is 17.8 Å². The largest absolute Gasteiger partial charge is 0.478 e. The number of aromatic carboxylic acids is 1. The standard InChI is InChI=1S/C7H5FO2.C4H5NO2/c8-6-3-1-5(2-4-6)7(9)10;6-3-1-2-4(7)5-3/h1-4H,(H,9,10);1-2H2,(H,5,6,7). The Morgan fingerprint density at radius 3 is 1.88 bits per heavy atom. The van der Waals surface area contributed by atoms with Crippen molar-refractivity contribution in [1.29, 1.82) is 0 Å². The van der Waals surface area contributed by atoms with Crippen LogP contribution in [0.5, 0.6) is 0 Å². The normalized spacial score (nSPS) is 13.7. The van der Waals surface area contributed by atoms with E-state index in [1.165, 1.54) is 12.1 Å². The van der Waals surface area contributed by atoms with Crippen molar-refractivity contribution < 1.29 is 23.9 Å². The topological polar surface area (TPSA) is 83.5 Å². The van der Waals surface area contributed by atoms with Gasteiger partial charge in [-0.1, -0.05) is 0 Å². The van der Waals surface area contributed by atoms with Crippen molar-refractivity contribution in [2.45, 2.75) is 12.8 Å². The summed E-state index contributed by atoms with van der Waals surface area (Å²) < 4.78 is 12.2. The number of halogens is 1. The monoisotopic (exact) mass is 239 g/mol. The van der Waals surface area contributed by atoms with Gasteiger partial charge in [0.25, 0.3) is 0 Å². The number of hydrogen-bond donors (Lipinski definition) is 2. The first-order valence-electron chi connectivity index (χ1n) is 4.80. The lowest BCUT2D eigenvalue weighted by Gasteiger charge is -1.90. The molecule has 1 aromatic carbocycles. The molecular formula is C11H10FNO4. The van der Waals surface area contributed by atoms with E-state index >= 15 is 0 Å². The number of rotatable bonds is 1. The average Bonchev–Trinajstić information content (AvgIpc) is 2.64. The van der Waals surface area contributed by atoms with Crippen LogP contribution in [0.3, 0.4) is 0 Å². The van der Waals surface area contributed by atoms with Gasteiger partial charge < -0.3 is 5.11 Å². The van der Waals surface area contributed by atoms with E-state index in [-0.39, 0.29) is 17.4 Å². The first kappa shape index (κ1) is 12.8. The predicted molar refractivity (Wildman–Crippen MR) is 55.7 cm³/mol. The molecule has 0 radical (unpaired) electrons. The molecule has 1 aliphatic rings. The average molecular weight is 239 g/mol. The van der Waals surface area contributed by atoms with Crippen LogP contribution in [0.25, 0.3) is 0 Å². The van der Waals surface area contributed by atoms with Gasteiger partial charge in [-0.25, -0.2) is 9.18 Å². The molecule has 1 aromatic rings. The van der Waals surface area contributed by atoms with Gasteiger partial charge in [0.15, 0.2) is 0 Å². The Hall–Kier alpha value is -2.24. The second-order valence-corrected chi connectivity index (χ2v) is 3.28. The van der Waals surface area contributed by atoms with Gasteiger partial charge in [0.05, 0.1) is 5.56 Å². The van der Waals surface area contributed by atoms with Crippen LogP contribution in [0.2, 0.25) is 0 Å². The first-order chi connectivity index (χ1) is 7.99. The van der Waals surface area contributed by atoms with Gasteiger partial charge in [0.1, 0.15) is 5.82 Å². The maximum Gasteiger partial charge on any atom is 0.335 e. The molecule has 6 heteroatoms. The van der Waals surface area contributed by atoms with Gasteiger partial charge in [-0.2, -0.15) is 0 Å². The van der Waals surface area contributed by atoms with Gasteiger partial charge in [-0.05, 0) is 24.3 Å². The van der Waals surface area contributed by atoms with Gasteiger partial charge in [0.2, 0.25) is 11.8 Å². The second-order valence-electron chi connectivity index (χ2n) is 3.28. The number of nitrogens with one attached hydrogen (secondary N) is 1. The summed E-state index contributed by atoms with van der Waals surface area (Å²) in [4.78, 5) is 30.4. The highest BCUT2D eigenvalue weighted by atomic mass is 19.1. The summed E-state index contributed by atoms with van der Waals surface area (Å²) in [6, 6.07) is 4.67. The lowest BCUT2D eigenvalue weighted by atomic mass is 10.2. The minimum Gasteiger partial charge on any atom is -0.478 e. The number of carboxylic acid groups (broad SMARTS) is 1. The first-order valence-corrected chi connectivity index (χ1v) is 4.80. The maximum absolute atomic E-state index is 12.2. The molecule has 1 saturated heterocycles. The van der Waals surface area contributed by atoms with E-state index in [1.807, 2.05) is 0 Å². The number of carbonyl (C=O) groups excluding carboxylic acids is 2. The van der Waals surface area contributed by atoms with Crippen LogP contribution in [0.15, 0.2) is 24.3 Å². The summed E-state index contributed by atoms with van der Waals surface area (Å²) in [7, 11) is 0. The van der Waals surface area contributed by atoms with Crippen LogP contribution in [0.1, 0.15) is 23.2 Å². The number of amides is 2. The van der Waals surface area contributed by atoms with Crippen molar-refractivity contribution in [3.8, 4) is 0 Å². The molecule has 5 nitrogen and oxygen atoms in total. The summed E-state index contributed by atoms with van der Waals surface area (Å²) in [6.07, 6.45) is 0.748. The molecule has 0 unspecified atom stereocenters. The van der Waals surface area contributed by atoms with Crippen molar-refractivity contribution in [1.82, 2.24) is 5.32 Å². The summed E-state index contributed by atoms with van der Waals surface area (Å²) in [6.45, 7) is 0. The Kier molecular flexibility index (Phi) is 4.33. The predicted octanol–water partition coefficient (Wildman–Crippen LogP) is 0.947. The quantitative estimate of drug-likeness (QED) is 0.714. The van der Waals surface area contributed by atoms with E-state index in [4.69, 9.17) is 5.11 Å². The number of hydrogen-bond acceptors (Lipinski definition) is 3. The summed E-state index contributed by atoms with van der Waals surface area (Å²) in [5.41, 5.74) is 0.0985. The molecule has 0 aliphatic carbocycles. The number of carbonyl (C=O) groups is 3. The van der Waals surface area contributed by atoms with Crippen molar-refractivity contribution in [3.05, 3.63) is 35.6 Å². The molecule has 1 aliphatic heterocycles. The zero-order valence-corrected chi connectivity index (χ0v) is 8.77. The van der Waals surface area contributed by atoms with Crippen LogP contribution in [0, 0.1) is 5.82 Å². The molecule has 17 heavy (non-hydrogen) atoms. The van der Waals surface area contributed by atoms with Crippen molar-refractivity contribution in [2.75, 3.05) is 0 Å². The minimum absolute atomic E-state index is 0.0985. The Morgan fingerprint density at radius 2 is 1.59 bits per heavy atom. The number of imide groups is 1. The third-order valence-electron chi connectivity index (χ3n) is 1.95. The fourth-order valence-electron chi connectivity index (χ4n) is 1.10. The third-order valence-corrected chi connectivity index (χ3v) is 1.95. The van der Waals surface area contributed by atoms with Crippen molar-refractivity contribution in [3.63, 3.8) is 0 Å². The van der Waals surface area contributed by atoms with Crippen LogP contribution < -0.4 is 5.32 Å². The van der Waals surface area contributed by atoms with Gasteiger partial charge >= 0.3 is 5.97 Å². The lowest BCUT2D eigenvalue weighted by Crippen LogP contribution is -2.18. The van der Waals surface area contributed by atoms with Crippen LogP contribution >= 0.6 is 0 Å². The third kappa shape index (κ3) is 4.42. The smallest absolute Gasteiger partial charge is 0.335 e. The molecule has 1 fully saturated rings. The summed E-state index contributed by atoms with van der Waals surface area (Å²) >= 11 is 0. The fourth-order valence-corrected chi connectivity index (χ4v) is 1.10. The van der Waals surface area contributed by atoms with E-state index in [0.717, 1.165) is 12.1 Å². The SMILES string of the molecule is O=C(O)c1ccc(F)cc1.O=C1CCC(=O)N1.